The van der Waals surface area contributed by atoms with Crippen LogP contribution in [0, 0.1) is 0 Å². The zero-order valence-corrected chi connectivity index (χ0v) is 10.1. The smallest absolute Gasteiger partial charge is 0.158 e. The van der Waals surface area contributed by atoms with Crippen LogP contribution in [-0.4, -0.2) is 19.5 Å². The van der Waals surface area contributed by atoms with Gasteiger partial charge in [-0.15, -0.1) is 0 Å². The molecule has 0 aliphatic carbocycles. The molecule has 0 fully saturated rings. The summed E-state index contributed by atoms with van der Waals surface area (Å²) in [7, 11) is 0. The average Bonchev–Trinajstić information content (AvgIpc) is 2.76. The predicted molar refractivity (Wildman–Crippen MR) is 63.3 cm³/mol. The van der Waals surface area contributed by atoms with Gasteiger partial charge in [-0.3, -0.25) is 0 Å². The van der Waals surface area contributed by atoms with Gasteiger partial charge in [0.25, 0.3) is 0 Å². The molecule has 0 spiro atoms. The van der Waals surface area contributed by atoms with E-state index < -0.39 is 0 Å². The molecule has 16 heavy (non-hydrogen) atoms. The largest absolute Gasteiger partial charge is 0.330 e. The molecule has 2 aromatic heterocycles. The van der Waals surface area contributed by atoms with Crippen molar-refractivity contribution >= 4 is 11.6 Å². The van der Waals surface area contributed by atoms with Gasteiger partial charge in [-0.25, -0.2) is 15.0 Å². The Morgan fingerprint density at radius 3 is 2.81 bits per heavy atom. The van der Waals surface area contributed by atoms with E-state index in [0.29, 0.717) is 5.15 Å². The van der Waals surface area contributed by atoms with Crippen molar-refractivity contribution in [3.05, 3.63) is 29.4 Å². The van der Waals surface area contributed by atoms with E-state index in [1.165, 1.54) is 0 Å². The van der Waals surface area contributed by atoms with E-state index in [9.17, 15) is 0 Å². The first kappa shape index (κ1) is 11.1. The van der Waals surface area contributed by atoms with E-state index in [1.54, 1.807) is 12.3 Å². The Balaban J connectivity index is 2.51. The van der Waals surface area contributed by atoms with Gasteiger partial charge in [0.05, 0.1) is 0 Å². The molecule has 0 N–H and O–H groups in total. The molecule has 0 saturated carbocycles. The van der Waals surface area contributed by atoms with Crippen LogP contribution in [-0.2, 0) is 13.0 Å². The minimum absolute atomic E-state index is 0.465. The summed E-state index contributed by atoms with van der Waals surface area (Å²) in [5, 5.41) is 0.465. The van der Waals surface area contributed by atoms with Crippen molar-refractivity contribution in [3.8, 4) is 11.5 Å². The lowest BCUT2D eigenvalue weighted by Crippen LogP contribution is -2.01. The molecule has 0 atom stereocenters. The predicted octanol–water partition coefficient (Wildman–Crippen LogP) is 2.58. The second kappa shape index (κ2) is 4.61. The molecule has 0 saturated heterocycles. The molecular weight excluding hydrogens is 224 g/mol. The molecule has 2 aromatic rings. The summed E-state index contributed by atoms with van der Waals surface area (Å²) in [4.78, 5) is 12.8. The molecule has 0 radical (unpaired) electrons. The van der Waals surface area contributed by atoms with Crippen LogP contribution in [0.5, 0.6) is 0 Å². The van der Waals surface area contributed by atoms with Gasteiger partial charge in [0.2, 0.25) is 0 Å². The molecule has 0 aliphatic heterocycles. The van der Waals surface area contributed by atoms with Gasteiger partial charge in [-0.1, -0.05) is 18.5 Å². The lowest BCUT2D eigenvalue weighted by Gasteiger charge is -2.05. The number of nitrogens with zero attached hydrogens (tertiary/aromatic N) is 4. The lowest BCUT2D eigenvalue weighted by atomic mass is 10.3. The zero-order chi connectivity index (χ0) is 11.5. The summed E-state index contributed by atoms with van der Waals surface area (Å²) in [6, 6.07) is 1.75. The summed E-state index contributed by atoms with van der Waals surface area (Å²) in [6.45, 7) is 4.93. The van der Waals surface area contributed by atoms with Crippen LogP contribution in [0.15, 0.2) is 18.5 Å². The van der Waals surface area contributed by atoms with Crippen molar-refractivity contribution in [1.29, 1.82) is 0 Å². The average molecular weight is 237 g/mol. The van der Waals surface area contributed by atoms with Crippen LogP contribution in [0.25, 0.3) is 11.5 Å². The Hall–Kier alpha value is -1.42. The summed E-state index contributed by atoms with van der Waals surface area (Å²) < 4.78 is 2.03. The molecular formula is C11H13ClN4. The van der Waals surface area contributed by atoms with Gasteiger partial charge in [0, 0.05) is 31.4 Å². The Morgan fingerprint density at radius 2 is 2.12 bits per heavy atom. The van der Waals surface area contributed by atoms with Gasteiger partial charge in [0.1, 0.15) is 16.7 Å². The van der Waals surface area contributed by atoms with Crippen molar-refractivity contribution in [1.82, 2.24) is 19.5 Å². The normalized spacial score (nSPS) is 10.7. The molecule has 0 aliphatic rings. The number of aromatic nitrogens is 4. The van der Waals surface area contributed by atoms with E-state index in [-0.39, 0.29) is 0 Å². The highest BCUT2D eigenvalue weighted by molar-refractivity contribution is 6.29. The van der Waals surface area contributed by atoms with Gasteiger partial charge >= 0.3 is 0 Å². The van der Waals surface area contributed by atoms with E-state index in [2.05, 4.69) is 21.9 Å². The van der Waals surface area contributed by atoms with E-state index in [4.69, 9.17) is 11.6 Å². The third-order valence-electron chi connectivity index (χ3n) is 2.34. The fourth-order valence-electron chi connectivity index (χ4n) is 1.53. The van der Waals surface area contributed by atoms with Crippen LogP contribution in [0.1, 0.15) is 19.7 Å². The minimum atomic E-state index is 0.465. The number of imidazole rings is 1. The van der Waals surface area contributed by atoms with Gasteiger partial charge < -0.3 is 4.57 Å². The third kappa shape index (κ3) is 2.07. The fraction of sp³-hybridized carbons (Fsp3) is 0.364. The Bertz CT molecular complexity index is 492. The summed E-state index contributed by atoms with van der Waals surface area (Å²) >= 11 is 5.95. The minimum Gasteiger partial charge on any atom is -0.330 e. The number of aryl methyl sites for hydroxylation is 2. The van der Waals surface area contributed by atoms with Gasteiger partial charge in [0.15, 0.2) is 5.82 Å². The molecule has 0 aromatic carbocycles. The number of hydrogen-bond acceptors (Lipinski definition) is 3. The molecule has 2 heterocycles. The van der Waals surface area contributed by atoms with Crippen LogP contribution >= 0.6 is 11.6 Å². The maximum absolute atomic E-state index is 5.95. The molecule has 84 valence electrons. The Labute approximate surface area is 99.3 Å². The second-order valence-corrected chi connectivity index (χ2v) is 3.77. The zero-order valence-electron chi connectivity index (χ0n) is 9.31. The SMILES string of the molecule is CCc1nc(Cl)cc(-c2nccn2CC)n1. The summed E-state index contributed by atoms with van der Waals surface area (Å²) in [6.07, 6.45) is 4.46. The first-order chi connectivity index (χ1) is 7.74. The van der Waals surface area contributed by atoms with E-state index in [1.807, 2.05) is 17.7 Å². The third-order valence-corrected chi connectivity index (χ3v) is 2.54. The van der Waals surface area contributed by atoms with Crippen LogP contribution < -0.4 is 0 Å². The summed E-state index contributed by atoms with van der Waals surface area (Å²) in [5.74, 6) is 1.58. The number of hydrogen-bond donors (Lipinski definition) is 0. The van der Waals surface area contributed by atoms with E-state index >= 15 is 0 Å². The highest BCUT2D eigenvalue weighted by Crippen LogP contribution is 2.18. The quantitative estimate of drug-likeness (QED) is 0.770. The van der Waals surface area contributed by atoms with Crippen molar-refractivity contribution < 1.29 is 0 Å². The van der Waals surface area contributed by atoms with Crippen LogP contribution in [0.4, 0.5) is 0 Å². The van der Waals surface area contributed by atoms with E-state index in [0.717, 1.165) is 30.3 Å². The van der Waals surface area contributed by atoms with Crippen molar-refractivity contribution in [2.45, 2.75) is 26.8 Å². The van der Waals surface area contributed by atoms with Gasteiger partial charge in [-0.05, 0) is 6.92 Å². The Morgan fingerprint density at radius 1 is 1.31 bits per heavy atom. The monoisotopic (exact) mass is 236 g/mol. The topological polar surface area (TPSA) is 43.6 Å². The van der Waals surface area contributed by atoms with Crippen molar-refractivity contribution in [3.63, 3.8) is 0 Å². The highest BCUT2D eigenvalue weighted by atomic mass is 35.5. The molecule has 2 rings (SSSR count). The fourth-order valence-corrected chi connectivity index (χ4v) is 1.74. The summed E-state index contributed by atoms with van der Waals surface area (Å²) in [5.41, 5.74) is 0.781. The standard InChI is InChI=1S/C11H13ClN4/c1-3-10-14-8(7-9(12)15-10)11-13-5-6-16(11)4-2/h5-7H,3-4H2,1-2H3. The first-order valence-electron chi connectivity index (χ1n) is 5.29. The Kier molecular flexibility index (Phi) is 3.19. The van der Waals surface area contributed by atoms with Crippen molar-refractivity contribution in [2.24, 2.45) is 0 Å². The van der Waals surface area contributed by atoms with Crippen molar-refractivity contribution in [2.75, 3.05) is 0 Å². The molecule has 0 bridgehead atoms. The molecule has 4 nitrogen and oxygen atoms in total. The number of halogens is 1. The maximum atomic E-state index is 5.95. The highest BCUT2D eigenvalue weighted by Gasteiger charge is 2.09. The van der Waals surface area contributed by atoms with Crippen LogP contribution in [0.3, 0.4) is 0 Å². The van der Waals surface area contributed by atoms with Gasteiger partial charge in [-0.2, -0.15) is 0 Å². The molecule has 5 heteroatoms. The second-order valence-electron chi connectivity index (χ2n) is 3.38. The lowest BCUT2D eigenvalue weighted by molar-refractivity contribution is 0.765. The van der Waals surface area contributed by atoms with Crippen LogP contribution in [0.2, 0.25) is 5.15 Å². The maximum Gasteiger partial charge on any atom is 0.158 e. The first-order valence-corrected chi connectivity index (χ1v) is 5.67. The molecule has 0 amide bonds. The molecule has 0 unspecified atom stereocenters. The number of rotatable bonds is 3.